The van der Waals surface area contributed by atoms with Crippen molar-refractivity contribution in [1.29, 1.82) is 0 Å². The number of amides is 1. The van der Waals surface area contributed by atoms with Gasteiger partial charge < -0.3 is 14.7 Å². The Balaban J connectivity index is 1.82. The number of likely N-dealkylation sites (tertiary alicyclic amines) is 1. The molecule has 4 rings (SSSR count). The van der Waals surface area contributed by atoms with Crippen LogP contribution in [0.15, 0.2) is 48.2 Å². The van der Waals surface area contributed by atoms with Crippen LogP contribution in [-0.4, -0.2) is 39.8 Å². The van der Waals surface area contributed by atoms with Crippen LogP contribution < -0.4 is 4.74 Å². The van der Waals surface area contributed by atoms with Crippen LogP contribution in [0.25, 0.3) is 5.76 Å². The van der Waals surface area contributed by atoms with Crippen LogP contribution >= 0.6 is 0 Å². The number of unbranched alkanes of at least 4 members (excludes halogenated alkanes) is 1. The summed E-state index contributed by atoms with van der Waals surface area (Å²) < 4.78 is 5.64. The fraction of sp³-hybridized carbons (Fsp3) is 0.348. The molecule has 2 aliphatic rings. The second kappa shape index (κ2) is 8.07. The third kappa shape index (κ3) is 3.50. The lowest BCUT2D eigenvalue weighted by molar-refractivity contribution is -0.140. The number of ketones is 1. The number of aryl methyl sites for hydroxylation is 1. The predicted molar refractivity (Wildman–Crippen MR) is 108 cm³/mol. The fourth-order valence-corrected chi connectivity index (χ4v) is 3.95. The lowest BCUT2D eigenvalue weighted by Gasteiger charge is -2.24. The minimum atomic E-state index is -0.685. The molecule has 0 bridgehead atoms. The summed E-state index contributed by atoms with van der Waals surface area (Å²) in [6, 6.07) is 10.1. The fourth-order valence-electron chi connectivity index (χ4n) is 3.95. The Morgan fingerprint density at radius 1 is 1.28 bits per heavy atom. The van der Waals surface area contributed by atoms with Crippen molar-refractivity contribution in [2.45, 2.75) is 38.6 Å². The predicted octanol–water partition coefficient (Wildman–Crippen LogP) is 3.63. The average molecular weight is 392 g/mol. The molecule has 29 heavy (non-hydrogen) atoms. The van der Waals surface area contributed by atoms with Gasteiger partial charge in [-0.25, -0.2) is 0 Å². The van der Waals surface area contributed by atoms with Gasteiger partial charge in [-0.05, 0) is 55.2 Å². The van der Waals surface area contributed by atoms with Gasteiger partial charge >= 0.3 is 0 Å². The van der Waals surface area contributed by atoms with E-state index in [1.54, 1.807) is 24.4 Å². The highest BCUT2D eigenvalue weighted by Gasteiger charge is 2.46. The van der Waals surface area contributed by atoms with Crippen molar-refractivity contribution in [1.82, 2.24) is 9.88 Å². The third-order valence-electron chi connectivity index (χ3n) is 5.44. The number of fused-ring (bicyclic) bond motifs is 1. The molecule has 6 heteroatoms. The van der Waals surface area contributed by atoms with E-state index < -0.39 is 17.7 Å². The number of nitrogens with zero attached hydrogens (tertiary/aromatic N) is 2. The number of ether oxygens (including phenoxy) is 1. The first-order valence-electron chi connectivity index (χ1n) is 10.1. The molecule has 0 radical (unpaired) electrons. The quantitative estimate of drug-likeness (QED) is 0.478. The molecule has 6 nitrogen and oxygen atoms in total. The Morgan fingerprint density at radius 2 is 2.14 bits per heavy atom. The lowest BCUT2D eigenvalue weighted by Crippen LogP contribution is -2.31. The molecular weight excluding hydrogens is 368 g/mol. The summed E-state index contributed by atoms with van der Waals surface area (Å²) >= 11 is 0. The molecule has 1 aromatic heterocycles. The SMILES string of the molecule is CCCCN1C(=O)C(=O)/C(=C(\O)c2ccc3c(c2)CCCO3)C1c1ccccn1. The largest absolute Gasteiger partial charge is 0.507 e. The van der Waals surface area contributed by atoms with E-state index in [9.17, 15) is 14.7 Å². The van der Waals surface area contributed by atoms with Crippen LogP contribution in [0, 0.1) is 0 Å². The highest BCUT2D eigenvalue weighted by atomic mass is 16.5. The summed E-state index contributed by atoms with van der Waals surface area (Å²) in [6.45, 7) is 3.15. The number of aromatic nitrogens is 1. The Morgan fingerprint density at radius 3 is 2.90 bits per heavy atom. The van der Waals surface area contributed by atoms with E-state index >= 15 is 0 Å². The summed E-state index contributed by atoms with van der Waals surface area (Å²) in [5.41, 5.74) is 2.19. The van der Waals surface area contributed by atoms with Gasteiger partial charge in [0.2, 0.25) is 0 Å². The number of rotatable bonds is 5. The number of aliphatic hydroxyl groups is 1. The van der Waals surface area contributed by atoms with E-state index in [0.717, 1.165) is 37.0 Å². The zero-order valence-electron chi connectivity index (χ0n) is 16.4. The molecule has 1 unspecified atom stereocenters. The van der Waals surface area contributed by atoms with Crippen molar-refractivity contribution in [2.75, 3.05) is 13.2 Å². The molecule has 1 fully saturated rings. The molecule has 3 heterocycles. The minimum absolute atomic E-state index is 0.0986. The summed E-state index contributed by atoms with van der Waals surface area (Å²) in [5.74, 6) is -0.607. The molecular formula is C23H24N2O4. The average Bonchev–Trinajstić information content (AvgIpc) is 3.02. The molecule has 1 atom stereocenters. The van der Waals surface area contributed by atoms with Crippen LogP contribution in [0.5, 0.6) is 5.75 Å². The number of carbonyl (C=O) groups is 2. The number of carbonyl (C=O) groups excluding carboxylic acids is 2. The maximum atomic E-state index is 12.9. The van der Waals surface area contributed by atoms with Gasteiger partial charge in [-0.3, -0.25) is 14.6 Å². The van der Waals surface area contributed by atoms with Gasteiger partial charge in [-0.2, -0.15) is 0 Å². The van der Waals surface area contributed by atoms with Crippen LogP contribution in [0.2, 0.25) is 0 Å². The number of pyridine rings is 1. The standard InChI is InChI=1S/C23H24N2O4/c1-2-3-12-25-20(17-8-4-5-11-24-17)19(22(27)23(25)28)21(26)16-9-10-18-15(14-16)7-6-13-29-18/h4-5,8-11,14,20,26H,2-3,6-7,12-13H2,1H3/b21-19-. The zero-order valence-corrected chi connectivity index (χ0v) is 16.4. The summed E-state index contributed by atoms with van der Waals surface area (Å²) in [4.78, 5) is 31.6. The van der Waals surface area contributed by atoms with Crippen molar-refractivity contribution in [2.24, 2.45) is 0 Å². The lowest BCUT2D eigenvalue weighted by atomic mass is 9.96. The van der Waals surface area contributed by atoms with Gasteiger partial charge in [0.1, 0.15) is 17.6 Å². The van der Waals surface area contributed by atoms with Gasteiger partial charge in [0.05, 0.1) is 17.9 Å². The molecule has 2 aliphatic heterocycles. The second-order valence-electron chi connectivity index (χ2n) is 7.38. The van der Waals surface area contributed by atoms with Gasteiger partial charge in [0, 0.05) is 18.3 Å². The molecule has 1 aromatic carbocycles. The Hall–Kier alpha value is -3.15. The highest BCUT2D eigenvalue weighted by Crippen LogP contribution is 2.39. The van der Waals surface area contributed by atoms with E-state index in [-0.39, 0.29) is 11.3 Å². The summed E-state index contributed by atoms with van der Waals surface area (Å²) in [6.07, 6.45) is 5.05. The van der Waals surface area contributed by atoms with E-state index in [2.05, 4.69) is 4.98 Å². The molecule has 0 aliphatic carbocycles. The number of Topliss-reactive ketones (excluding diaryl/α,β-unsaturated/α-hetero) is 1. The van der Waals surface area contributed by atoms with Gasteiger partial charge in [0.15, 0.2) is 0 Å². The molecule has 2 aromatic rings. The Bertz CT molecular complexity index is 968. The monoisotopic (exact) mass is 392 g/mol. The maximum Gasteiger partial charge on any atom is 0.295 e. The second-order valence-corrected chi connectivity index (χ2v) is 7.38. The van der Waals surface area contributed by atoms with Gasteiger partial charge in [-0.15, -0.1) is 0 Å². The minimum Gasteiger partial charge on any atom is -0.507 e. The van der Waals surface area contributed by atoms with Crippen molar-refractivity contribution >= 4 is 17.4 Å². The molecule has 150 valence electrons. The van der Waals surface area contributed by atoms with Crippen molar-refractivity contribution in [3.63, 3.8) is 0 Å². The van der Waals surface area contributed by atoms with E-state index in [0.29, 0.717) is 24.4 Å². The highest BCUT2D eigenvalue weighted by molar-refractivity contribution is 6.46. The summed E-state index contributed by atoms with van der Waals surface area (Å²) in [5, 5.41) is 11.1. The van der Waals surface area contributed by atoms with E-state index in [4.69, 9.17) is 4.74 Å². The van der Waals surface area contributed by atoms with Crippen LogP contribution in [0.4, 0.5) is 0 Å². The third-order valence-corrected chi connectivity index (χ3v) is 5.44. The van der Waals surface area contributed by atoms with E-state index in [1.807, 2.05) is 25.1 Å². The van der Waals surface area contributed by atoms with Crippen LogP contribution in [0.3, 0.4) is 0 Å². The number of benzene rings is 1. The Labute approximate surface area is 169 Å². The maximum absolute atomic E-state index is 12.9. The van der Waals surface area contributed by atoms with Gasteiger partial charge in [-0.1, -0.05) is 19.4 Å². The summed E-state index contributed by atoms with van der Waals surface area (Å²) in [7, 11) is 0. The topological polar surface area (TPSA) is 79.7 Å². The number of aliphatic hydroxyl groups excluding tert-OH is 1. The first-order chi connectivity index (χ1) is 14.1. The van der Waals surface area contributed by atoms with Gasteiger partial charge in [0.25, 0.3) is 11.7 Å². The smallest absolute Gasteiger partial charge is 0.295 e. The molecule has 0 spiro atoms. The Kier molecular flexibility index (Phi) is 5.34. The molecule has 1 saturated heterocycles. The normalized spacial score (nSPS) is 20.4. The zero-order chi connectivity index (χ0) is 20.4. The number of hydrogen-bond acceptors (Lipinski definition) is 5. The first kappa shape index (κ1) is 19.2. The van der Waals surface area contributed by atoms with Crippen LogP contribution in [-0.2, 0) is 16.0 Å². The van der Waals surface area contributed by atoms with Crippen molar-refractivity contribution in [3.05, 3.63) is 65.0 Å². The molecule has 1 N–H and O–H groups in total. The number of hydrogen-bond donors (Lipinski definition) is 1. The first-order valence-corrected chi connectivity index (χ1v) is 10.1. The van der Waals surface area contributed by atoms with Crippen molar-refractivity contribution < 1.29 is 19.4 Å². The van der Waals surface area contributed by atoms with E-state index in [1.165, 1.54) is 4.90 Å². The van der Waals surface area contributed by atoms with Crippen LogP contribution in [0.1, 0.15) is 49.0 Å². The molecule has 0 saturated carbocycles. The molecule has 1 amide bonds. The van der Waals surface area contributed by atoms with Crippen molar-refractivity contribution in [3.8, 4) is 5.75 Å².